The monoisotopic (exact) mass is 1090 g/mol. The first kappa shape index (κ1) is 60.3. The molecule has 34 heteroatoms. The van der Waals surface area contributed by atoms with Crippen molar-refractivity contribution in [3.8, 4) is 0 Å². The Labute approximate surface area is 417 Å². The van der Waals surface area contributed by atoms with Crippen LogP contribution in [0.25, 0.3) is 0 Å². The second-order valence-corrected chi connectivity index (χ2v) is 18.7. The predicted molar refractivity (Wildman–Crippen MR) is 220 cm³/mol. The van der Waals surface area contributed by atoms with Gasteiger partial charge in [0.05, 0.1) is 46.2 Å². The minimum absolute atomic E-state index is 0.722. The molecule has 0 bridgehead atoms. The molecule has 0 spiro atoms. The van der Waals surface area contributed by atoms with Crippen LogP contribution in [0.2, 0.25) is 0 Å². The second-order valence-electron chi connectivity index (χ2n) is 18.7. The van der Waals surface area contributed by atoms with Crippen molar-refractivity contribution in [2.24, 2.45) is 0 Å². The van der Waals surface area contributed by atoms with Crippen molar-refractivity contribution in [3.63, 3.8) is 0 Å². The lowest BCUT2D eigenvalue weighted by molar-refractivity contribution is -0.390. The minimum Gasteiger partial charge on any atom is -0.394 e. The minimum atomic E-state index is -2.30. The first-order valence-electron chi connectivity index (χ1n) is 23.5. The van der Waals surface area contributed by atoms with Gasteiger partial charge in [-0.15, -0.1) is 0 Å². The average Bonchev–Trinajstić information content (AvgIpc) is 3.85. The zero-order valence-corrected chi connectivity index (χ0v) is 38.7. The summed E-state index contributed by atoms with van der Waals surface area (Å²) in [5.41, 5.74) is 0. The van der Waals surface area contributed by atoms with Crippen molar-refractivity contribution in [2.45, 2.75) is 203 Å². The number of hydrogen-bond acceptors (Lipinski definition) is 34. The zero-order valence-electron chi connectivity index (χ0n) is 38.7. The van der Waals surface area contributed by atoms with Crippen molar-refractivity contribution >= 4 is 0 Å². The van der Waals surface area contributed by atoms with Crippen LogP contribution in [-0.2, 0) is 61.6 Å². The van der Waals surface area contributed by atoms with Crippen molar-refractivity contribution in [1.82, 2.24) is 0 Å². The fourth-order valence-corrected chi connectivity index (χ4v) is 9.37. The first-order chi connectivity index (χ1) is 35.1. The molecule has 0 aromatic carbocycles. The van der Waals surface area contributed by atoms with Crippen molar-refractivity contribution in [2.75, 3.05) is 46.2 Å². The number of hydrogen-bond donors (Lipinski definition) is 21. The molecule has 7 aliphatic heterocycles. The summed E-state index contributed by atoms with van der Waals surface area (Å²) in [6, 6.07) is 0. The van der Waals surface area contributed by atoms with Crippen LogP contribution in [0.1, 0.15) is 0 Å². The van der Waals surface area contributed by atoms with E-state index in [1.54, 1.807) is 0 Å². The van der Waals surface area contributed by atoms with E-state index in [1.807, 2.05) is 0 Å². The molecule has 2 unspecified atom stereocenters. The van der Waals surface area contributed by atoms with E-state index >= 15 is 0 Å². The highest BCUT2D eigenvalue weighted by molar-refractivity contribution is 4.99. The third-order valence-corrected chi connectivity index (χ3v) is 13.8. The molecule has 0 radical (unpaired) electrons. The van der Waals surface area contributed by atoms with Gasteiger partial charge in [-0.3, -0.25) is 0 Å². The van der Waals surface area contributed by atoms with E-state index < -0.39 is 249 Å². The Morgan fingerprint density at radius 1 is 0.230 bits per heavy atom. The molecule has 0 saturated carbocycles. The van der Waals surface area contributed by atoms with Gasteiger partial charge in [0, 0.05) is 0 Å². The van der Waals surface area contributed by atoms with Gasteiger partial charge < -0.3 is 169 Å². The van der Waals surface area contributed by atoms with E-state index in [0.717, 1.165) is 0 Å². The van der Waals surface area contributed by atoms with Crippen LogP contribution in [0.3, 0.4) is 0 Å². The van der Waals surface area contributed by atoms with E-state index in [-0.39, 0.29) is 0 Å². The molecule has 7 heterocycles. The molecule has 0 aromatic heterocycles. The molecular formula is C40H68O34. The van der Waals surface area contributed by atoms with Crippen LogP contribution in [0, 0.1) is 0 Å². The lowest BCUT2D eigenvalue weighted by Gasteiger charge is -2.49. The standard InChI is InChI=1S/C40H68O34/c41-1-8-15(46)19(50)26(57)36(66-8)74-33-18(49)10(3-43)67-40(33)63-7-14-32(73-37-27(58)20(51)17(48)13(69-37)6-62-35-25(56)16(47)9(2-42)65-35)23(54)29(60)39(70-14)72-31-12(5-45)68-38(28(59)22(31)53)71-30-11(4-44)64-34(61)24(55)21(30)52/h8-61H,1-7H2/t8-,9-,10-,11?,12+,13-,14?,15+,16+,17-,18+,19-,20-,21-,22-,23-,24-,25+,26+,27+,28-,29-,30+,31+,32+,33-,34+,35+,36+,37+,38-,39-,40+/m0/s1. The SMILES string of the molecule is OCC1O[C@@H](O)[C@@H](O)[C@H](O)[C@@H]1O[C@@H]1O[C@H](CO)[C@@H](O[C@@H]2OC(CO[C@@H]3O[C@@H](CO)[C@@H](O)[C@@H]3O[C@H]3O[C@@H](CO)[C@@H](O)[C@H](O)[C@H]3O)[C@@H](O[C@H]3O[C@@H](CO[C@@H]4O[C@@H](CO)[C@@H](O)[C@H]4O)[C@H](O)[C@H](O)[C@H]3O)[C@@H](O)[C@@H]2O)[C@@H](O)[C@@H]1O. The summed E-state index contributed by atoms with van der Waals surface area (Å²) in [5, 5.41) is 221. The molecule has 0 aliphatic carbocycles. The van der Waals surface area contributed by atoms with Crippen LogP contribution < -0.4 is 0 Å². The molecule has 74 heavy (non-hydrogen) atoms. The Morgan fingerprint density at radius 2 is 0.527 bits per heavy atom. The molecule has 33 atom stereocenters. The van der Waals surface area contributed by atoms with Crippen molar-refractivity contribution in [3.05, 3.63) is 0 Å². The summed E-state index contributed by atoms with van der Waals surface area (Å²) in [5.74, 6) is 0. The topological polar surface area (TPSA) is 545 Å². The van der Waals surface area contributed by atoms with Gasteiger partial charge in [0.15, 0.2) is 44.0 Å². The third kappa shape index (κ3) is 12.3. The lowest BCUT2D eigenvalue weighted by Crippen LogP contribution is -2.67. The molecule has 21 N–H and O–H groups in total. The maximum absolute atomic E-state index is 11.7. The highest BCUT2D eigenvalue weighted by Crippen LogP contribution is 2.37. The molecule has 0 amide bonds. The summed E-state index contributed by atoms with van der Waals surface area (Å²) < 4.78 is 72.9. The van der Waals surface area contributed by atoms with E-state index in [1.165, 1.54) is 0 Å². The first-order valence-corrected chi connectivity index (χ1v) is 23.5. The van der Waals surface area contributed by atoms with Gasteiger partial charge in [-0.1, -0.05) is 0 Å². The van der Waals surface area contributed by atoms with Gasteiger partial charge in [0.1, 0.15) is 159 Å². The van der Waals surface area contributed by atoms with Crippen LogP contribution in [0.5, 0.6) is 0 Å². The van der Waals surface area contributed by atoms with Crippen molar-refractivity contribution in [1.29, 1.82) is 0 Å². The highest BCUT2D eigenvalue weighted by Gasteiger charge is 2.57. The van der Waals surface area contributed by atoms with Gasteiger partial charge in [-0.05, 0) is 0 Å². The third-order valence-electron chi connectivity index (χ3n) is 13.8. The Morgan fingerprint density at radius 3 is 1.03 bits per heavy atom. The summed E-state index contributed by atoms with van der Waals surface area (Å²) in [7, 11) is 0. The highest BCUT2D eigenvalue weighted by atomic mass is 16.8. The van der Waals surface area contributed by atoms with E-state index in [4.69, 9.17) is 61.6 Å². The molecular weight excluding hydrogens is 1020 g/mol. The van der Waals surface area contributed by atoms with Crippen LogP contribution >= 0.6 is 0 Å². The van der Waals surface area contributed by atoms with Crippen LogP contribution in [0.4, 0.5) is 0 Å². The fraction of sp³-hybridized carbons (Fsp3) is 1.00. The number of ether oxygens (including phenoxy) is 13. The number of aliphatic hydroxyl groups excluding tert-OH is 21. The van der Waals surface area contributed by atoms with Gasteiger partial charge in [-0.25, -0.2) is 0 Å². The summed E-state index contributed by atoms with van der Waals surface area (Å²) in [6.07, 6.45) is -62.1. The largest absolute Gasteiger partial charge is 0.394 e. The maximum atomic E-state index is 11.7. The Balaban J connectivity index is 1.11. The van der Waals surface area contributed by atoms with E-state index in [2.05, 4.69) is 0 Å². The van der Waals surface area contributed by atoms with Gasteiger partial charge in [-0.2, -0.15) is 0 Å². The van der Waals surface area contributed by atoms with Crippen LogP contribution in [-0.4, -0.2) is 356 Å². The maximum Gasteiger partial charge on any atom is 0.187 e. The zero-order chi connectivity index (χ0) is 54.2. The molecule has 7 saturated heterocycles. The Bertz CT molecular complexity index is 1710. The van der Waals surface area contributed by atoms with Gasteiger partial charge in [0.25, 0.3) is 0 Å². The summed E-state index contributed by atoms with van der Waals surface area (Å²) in [4.78, 5) is 0. The van der Waals surface area contributed by atoms with Crippen LogP contribution in [0.15, 0.2) is 0 Å². The van der Waals surface area contributed by atoms with E-state index in [9.17, 15) is 107 Å². The van der Waals surface area contributed by atoms with Gasteiger partial charge >= 0.3 is 0 Å². The molecule has 34 nitrogen and oxygen atoms in total. The summed E-state index contributed by atoms with van der Waals surface area (Å²) >= 11 is 0. The second kappa shape index (κ2) is 25.8. The molecule has 7 fully saturated rings. The van der Waals surface area contributed by atoms with E-state index in [0.29, 0.717) is 0 Å². The lowest BCUT2D eigenvalue weighted by atomic mass is 9.95. The smallest absolute Gasteiger partial charge is 0.187 e. The predicted octanol–water partition coefficient (Wildman–Crippen LogP) is -15.0. The molecule has 432 valence electrons. The van der Waals surface area contributed by atoms with Crippen molar-refractivity contribution < 1.29 is 169 Å². The Kier molecular flexibility index (Phi) is 21.0. The Hall–Kier alpha value is -1.36. The average molecular weight is 1090 g/mol. The van der Waals surface area contributed by atoms with Gasteiger partial charge in [0.2, 0.25) is 0 Å². The normalized spacial score (nSPS) is 53.4. The molecule has 7 rings (SSSR count). The molecule has 0 aromatic rings. The number of aliphatic hydroxyl groups is 21. The summed E-state index contributed by atoms with van der Waals surface area (Å²) in [6.45, 7) is -6.14. The fourth-order valence-electron chi connectivity index (χ4n) is 9.37. The number of rotatable bonds is 19. The quantitative estimate of drug-likeness (QED) is 0.0571. The molecule has 7 aliphatic rings.